The summed E-state index contributed by atoms with van der Waals surface area (Å²) in [6.07, 6.45) is 2.41. The van der Waals surface area contributed by atoms with Crippen LogP contribution in [0.2, 0.25) is 5.02 Å². The molecule has 1 aliphatic carbocycles. The summed E-state index contributed by atoms with van der Waals surface area (Å²) in [5.74, 6) is 2.17. The van der Waals surface area contributed by atoms with Crippen LogP contribution in [-0.2, 0) is 0 Å². The Bertz CT molecular complexity index is 515. The summed E-state index contributed by atoms with van der Waals surface area (Å²) in [5, 5.41) is 4.30. The van der Waals surface area contributed by atoms with Gasteiger partial charge in [0.05, 0.1) is 10.7 Å². The average Bonchev–Trinajstić information content (AvgIpc) is 2.63. The van der Waals surface area contributed by atoms with Gasteiger partial charge in [-0.3, -0.25) is 0 Å². The molecule has 1 N–H and O–H groups in total. The molecule has 1 fully saturated rings. The normalized spacial score (nSPS) is 27.4. The van der Waals surface area contributed by atoms with E-state index < -0.39 is 0 Å². The van der Waals surface area contributed by atoms with Gasteiger partial charge in [-0.2, -0.15) is 0 Å². The van der Waals surface area contributed by atoms with Gasteiger partial charge in [-0.1, -0.05) is 32.4 Å². The molecule has 20 heavy (non-hydrogen) atoms. The Morgan fingerprint density at radius 1 is 1.15 bits per heavy atom. The Morgan fingerprint density at radius 2 is 1.80 bits per heavy atom. The molecule has 1 heterocycles. The highest BCUT2D eigenvalue weighted by Crippen LogP contribution is 2.44. The predicted octanol–water partition coefficient (Wildman–Crippen LogP) is 4.35. The van der Waals surface area contributed by atoms with E-state index in [1.807, 2.05) is 12.1 Å². The summed E-state index contributed by atoms with van der Waals surface area (Å²) in [5.41, 5.74) is 1.35. The van der Waals surface area contributed by atoms with Gasteiger partial charge in [0.25, 0.3) is 0 Å². The maximum absolute atomic E-state index is 6.36. The van der Waals surface area contributed by atoms with Crippen LogP contribution in [0.3, 0.4) is 0 Å². The van der Waals surface area contributed by atoms with Crippen LogP contribution in [0, 0.1) is 11.3 Å². The predicted molar refractivity (Wildman–Crippen MR) is 82.0 cm³/mol. The molecule has 0 spiro atoms. The zero-order chi connectivity index (χ0) is 14.3. The van der Waals surface area contributed by atoms with Crippen molar-refractivity contribution in [3.63, 3.8) is 0 Å². The number of anilines is 1. The Kier molecular flexibility index (Phi) is 3.49. The van der Waals surface area contributed by atoms with E-state index in [9.17, 15) is 0 Å². The van der Waals surface area contributed by atoms with E-state index in [1.54, 1.807) is 0 Å². The van der Waals surface area contributed by atoms with E-state index in [1.165, 1.54) is 12.8 Å². The van der Waals surface area contributed by atoms with Crippen molar-refractivity contribution in [3.8, 4) is 11.5 Å². The zero-order valence-electron chi connectivity index (χ0n) is 12.3. The largest absolute Gasteiger partial charge is 0.486 e. The highest BCUT2D eigenvalue weighted by molar-refractivity contribution is 6.33. The lowest BCUT2D eigenvalue weighted by atomic mass is 9.91. The lowest BCUT2D eigenvalue weighted by molar-refractivity contribution is 0.171. The number of hydrogen-bond acceptors (Lipinski definition) is 3. The highest BCUT2D eigenvalue weighted by atomic mass is 35.5. The number of rotatable bonds is 2. The Morgan fingerprint density at radius 3 is 2.40 bits per heavy atom. The molecule has 1 aliphatic heterocycles. The Labute approximate surface area is 125 Å². The third kappa shape index (κ3) is 2.69. The SMILES string of the molecule is CC1CC(C)(C)CC1Nc1cc2c(cc1Cl)OCCO2. The summed E-state index contributed by atoms with van der Waals surface area (Å²) in [6.45, 7) is 8.15. The minimum atomic E-state index is 0.400. The Hall–Kier alpha value is -1.09. The van der Waals surface area contributed by atoms with Crippen molar-refractivity contribution >= 4 is 17.3 Å². The molecule has 110 valence electrons. The maximum atomic E-state index is 6.36. The van der Waals surface area contributed by atoms with Gasteiger partial charge < -0.3 is 14.8 Å². The molecule has 0 aromatic heterocycles. The van der Waals surface area contributed by atoms with Gasteiger partial charge in [-0.15, -0.1) is 0 Å². The lowest BCUT2D eigenvalue weighted by Gasteiger charge is -2.23. The van der Waals surface area contributed by atoms with Gasteiger partial charge in [0.2, 0.25) is 0 Å². The van der Waals surface area contributed by atoms with E-state index in [4.69, 9.17) is 21.1 Å². The first-order chi connectivity index (χ1) is 9.44. The molecule has 0 radical (unpaired) electrons. The minimum Gasteiger partial charge on any atom is -0.486 e. The van der Waals surface area contributed by atoms with Crippen molar-refractivity contribution in [1.29, 1.82) is 0 Å². The number of halogens is 1. The molecule has 1 saturated carbocycles. The van der Waals surface area contributed by atoms with Gasteiger partial charge in [0, 0.05) is 18.2 Å². The van der Waals surface area contributed by atoms with Crippen molar-refractivity contribution in [2.45, 2.75) is 39.7 Å². The molecule has 2 aliphatic rings. The molecule has 0 amide bonds. The van der Waals surface area contributed by atoms with Gasteiger partial charge in [0.1, 0.15) is 13.2 Å². The van der Waals surface area contributed by atoms with E-state index in [-0.39, 0.29) is 0 Å². The summed E-state index contributed by atoms with van der Waals surface area (Å²) in [6, 6.07) is 4.28. The monoisotopic (exact) mass is 295 g/mol. The molecule has 3 nitrogen and oxygen atoms in total. The van der Waals surface area contributed by atoms with Gasteiger partial charge in [-0.05, 0) is 24.2 Å². The van der Waals surface area contributed by atoms with Crippen molar-refractivity contribution in [2.75, 3.05) is 18.5 Å². The molecular formula is C16H22ClNO2. The first-order valence-electron chi connectivity index (χ1n) is 7.30. The Balaban J connectivity index is 1.81. The smallest absolute Gasteiger partial charge is 0.163 e. The number of hydrogen-bond donors (Lipinski definition) is 1. The second-order valence-corrected chi connectivity index (χ2v) is 7.18. The molecule has 4 heteroatoms. The van der Waals surface area contributed by atoms with Gasteiger partial charge in [-0.25, -0.2) is 0 Å². The number of nitrogens with one attached hydrogen (secondary N) is 1. The number of ether oxygens (including phenoxy) is 2. The molecule has 1 aromatic carbocycles. The van der Waals surface area contributed by atoms with Crippen LogP contribution in [-0.4, -0.2) is 19.3 Å². The van der Waals surface area contributed by atoms with Crippen LogP contribution in [0.4, 0.5) is 5.69 Å². The standard InChI is InChI=1S/C16H22ClNO2/c1-10-8-16(2,3)9-13(10)18-12-7-15-14(6-11(12)17)19-4-5-20-15/h6-7,10,13,18H,4-5,8-9H2,1-3H3. The minimum absolute atomic E-state index is 0.400. The first kappa shape index (κ1) is 13.9. The summed E-state index contributed by atoms with van der Waals surface area (Å²) in [4.78, 5) is 0. The van der Waals surface area contributed by atoms with Crippen molar-refractivity contribution in [1.82, 2.24) is 0 Å². The quantitative estimate of drug-likeness (QED) is 0.880. The van der Waals surface area contributed by atoms with E-state index in [0.29, 0.717) is 35.6 Å². The second kappa shape index (κ2) is 5.03. The molecular weight excluding hydrogens is 274 g/mol. The van der Waals surface area contributed by atoms with Crippen LogP contribution < -0.4 is 14.8 Å². The van der Waals surface area contributed by atoms with Crippen LogP contribution in [0.15, 0.2) is 12.1 Å². The lowest BCUT2D eigenvalue weighted by Crippen LogP contribution is -2.23. The molecule has 2 atom stereocenters. The highest BCUT2D eigenvalue weighted by Gasteiger charge is 2.36. The molecule has 0 bridgehead atoms. The summed E-state index contributed by atoms with van der Waals surface area (Å²) < 4.78 is 11.2. The zero-order valence-corrected chi connectivity index (χ0v) is 13.1. The average molecular weight is 296 g/mol. The molecule has 1 aromatic rings. The fourth-order valence-corrected chi connectivity index (χ4v) is 3.67. The van der Waals surface area contributed by atoms with Crippen LogP contribution in [0.25, 0.3) is 0 Å². The first-order valence-corrected chi connectivity index (χ1v) is 7.68. The van der Waals surface area contributed by atoms with E-state index in [0.717, 1.165) is 17.2 Å². The van der Waals surface area contributed by atoms with Gasteiger partial charge >= 0.3 is 0 Å². The topological polar surface area (TPSA) is 30.5 Å². The fraction of sp³-hybridized carbons (Fsp3) is 0.625. The molecule has 3 rings (SSSR count). The fourth-order valence-electron chi connectivity index (χ4n) is 3.46. The number of fused-ring (bicyclic) bond motifs is 1. The van der Waals surface area contributed by atoms with Crippen LogP contribution in [0.5, 0.6) is 11.5 Å². The third-order valence-electron chi connectivity index (χ3n) is 4.31. The maximum Gasteiger partial charge on any atom is 0.163 e. The van der Waals surface area contributed by atoms with Crippen molar-refractivity contribution < 1.29 is 9.47 Å². The van der Waals surface area contributed by atoms with Crippen LogP contribution in [0.1, 0.15) is 33.6 Å². The van der Waals surface area contributed by atoms with Crippen molar-refractivity contribution in [3.05, 3.63) is 17.2 Å². The summed E-state index contributed by atoms with van der Waals surface area (Å²) in [7, 11) is 0. The molecule has 2 unspecified atom stereocenters. The van der Waals surface area contributed by atoms with Crippen LogP contribution >= 0.6 is 11.6 Å². The second-order valence-electron chi connectivity index (χ2n) is 6.78. The number of benzene rings is 1. The van der Waals surface area contributed by atoms with Gasteiger partial charge in [0.15, 0.2) is 11.5 Å². The van der Waals surface area contributed by atoms with E-state index in [2.05, 4.69) is 26.1 Å². The van der Waals surface area contributed by atoms with E-state index >= 15 is 0 Å². The third-order valence-corrected chi connectivity index (χ3v) is 4.62. The van der Waals surface area contributed by atoms with Crippen molar-refractivity contribution in [2.24, 2.45) is 11.3 Å². The molecule has 0 saturated heterocycles. The summed E-state index contributed by atoms with van der Waals surface area (Å²) >= 11 is 6.36.